The Morgan fingerprint density at radius 3 is 1.20 bits per heavy atom. The molecule has 0 N–H and O–H groups in total. The third-order valence-corrected chi connectivity index (χ3v) is 0. The molecule has 5 heavy (non-hydrogen) atoms. The number of carbonyl (C=O) groups excluding carboxylic acids is 2. The fourth-order valence-electron chi connectivity index (χ4n) is 0. The number of rotatable bonds is 0. The van der Waals surface area contributed by atoms with Crippen LogP contribution in [-0.2, 0) is 22.1 Å². The Kier molecular flexibility index (Phi) is 216. The van der Waals surface area contributed by atoms with Gasteiger partial charge in [0.25, 0.3) is 0 Å². The fourth-order valence-corrected chi connectivity index (χ4v) is 0. The van der Waals surface area contributed by atoms with Crippen LogP contribution in [0.25, 0.3) is 0 Å². The van der Waals surface area contributed by atoms with Crippen LogP contribution < -0.4 is 0 Å². The lowest BCUT2D eigenvalue weighted by atomic mass is 11.8. The van der Waals surface area contributed by atoms with E-state index in [1.54, 1.807) is 0 Å². The lowest BCUT2D eigenvalue weighted by Crippen LogP contribution is -1.22. The molecule has 28 valence electrons. The zero-order valence-corrected chi connectivity index (χ0v) is 2.95. The maximum atomic E-state index is 8.12. The van der Waals surface area contributed by atoms with Crippen molar-refractivity contribution >= 4 is 18.7 Å². The summed E-state index contributed by atoms with van der Waals surface area (Å²) < 4.78 is 7.83. The van der Waals surface area contributed by atoms with Crippen molar-refractivity contribution in [3.05, 3.63) is 0 Å². The van der Waals surface area contributed by atoms with Gasteiger partial charge in [0.15, 0.2) is 12.5 Å². The van der Waals surface area contributed by atoms with E-state index in [2.05, 4.69) is 12.5 Å². The van der Waals surface area contributed by atoms with E-state index in [1.165, 1.54) is 0 Å². The molecular weight excluding hydrogens is 92.1 g/mol. The van der Waals surface area contributed by atoms with E-state index in [0.29, 0.717) is 0 Å². The molecule has 4 heteroatoms. The molecule has 0 radical (unpaired) electrons. The molecule has 0 bridgehead atoms. The topological polar surface area (TPSA) is 51.2 Å². The largest absolute Gasteiger partial charge is 0.373 e. The van der Waals surface area contributed by atoms with E-state index in [0.717, 1.165) is 0 Å². The van der Waals surface area contributed by atoms with Crippen molar-refractivity contribution in [2.75, 3.05) is 0 Å². The maximum absolute atomic E-state index is 8.12. The molecule has 0 aromatic carbocycles. The Morgan fingerprint density at radius 2 is 1.20 bits per heavy atom. The van der Waals surface area contributed by atoms with Gasteiger partial charge in [0.05, 0.1) is 0 Å². The molecule has 0 saturated carbocycles. The van der Waals surface area contributed by atoms with Crippen LogP contribution in [0, 0.1) is 0 Å². The van der Waals surface area contributed by atoms with E-state index in [1.807, 2.05) is 0 Å². The van der Waals surface area contributed by atoms with Gasteiger partial charge in [-0.15, -0.1) is 0 Å². The monoisotopic (exact) mass is 92.0 g/mol. The first kappa shape index (κ1) is 8.83. The highest BCUT2D eigenvalue weighted by Crippen LogP contribution is 0.787. The Morgan fingerprint density at radius 1 is 1.20 bits per heavy atom. The molecule has 0 aliphatic heterocycles. The average Bonchev–Trinajstić information content (AvgIpc) is 1.46. The highest BCUT2D eigenvalue weighted by atomic mass is 32.1. The Hall–Kier alpha value is -0.600. The molecule has 0 heterocycles. The van der Waals surface area contributed by atoms with Crippen molar-refractivity contribution in [1.82, 2.24) is 0 Å². The summed E-state index contributed by atoms with van der Waals surface area (Å²) in [4.78, 5) is 16.2. The molecule has 0 fully saturated rings. The molecule has 0 unspecified atom stereocenters. The highest BCUT2D eigenvalue weighted by Gasteiger charge is 1.13. The minimum Gasteiger partial charge on any atom is -0.197 e. The first-order valence-electron chi connectivity index (χ1n) is 0.575. The van der Waals surface area contributed by atoms with Crippen molar-refractivity contribution in [2.24, 2.45) is 0 Å². The molecule has 0 rings (SSSR count). The third kappa shape index (κ3) is 18.5. The third-order valence-electron chi connectivity index (χ3n) is 0. The van der Waals surface area contributed by atoms with Gasteiger partial charge >= 0.3 is 6.15 Å². The summed E-state index contributed by atoms with van der Waals surface area (Å²) in [6.07, 6.45) is 0.250. The summed E-state index contributed by atoms with van der Waals surface area (Å²) in [6, 6.07) is 0. The van der Waals surface area contributed by atoms with Gasteiger partial charge in [-0.25, -0.2) is 0 Å². The molecular formula is CO3S. The molecule has 0 aromatic heterocycles. The molecule has 0 amide bonds. The van der Waals surface area contributed by atoms with Crippen molar-refractivity contribution < 1.29 is 13.8 Å². The minimum atomic E-state index is 0.250. The van der Waals surface area contributed by atoms with E-state index in [-0.39, 0.29) is 6.15 Å². The first-order chi connectivity index (χ1) is 2.41. The second kappa shape index (κ2) is 122. The maximum Gasteiger partial charge on any atom is 0.373 e. The lowest BCUT2D eigenvalue weighted by Gasteiger charge is -0.945. The summed E-state index contributed by atoms with van der Waals surface area (Å²) in [5.74, 6) is 0. The molecule has 0 spiro atoms. The van der Waals surface area contributed by atoms with Crippen LogP contribution >= 0.6 is 0 Å². The van der Waals surface area contributed by atoms with Gasteiger partial charge in [-0.2, -0.15) is 13.8 Å². The van der Waals surface area contributed by atoms with Crippen molar-refractivity contribution in [1.29, 1.82) is 0 Å². The van der Waals surface area contributed by atoms with Crippen molar-refractivity contribution in [3.8, 4) is 0 Å². The molecule has 0 atom stereocenters. The quantitative estimate of drug-likeness (QED) is 0.387. The summed E-state index contributed by atoms with van der Waals surface area (Å²) in [5, 5.41) is 0. The van der Waals surface area contributed by atoms with Crippen LogP contribution in [0.1, 0.15) is 0 Å². The molecule has 0 aliphatic carbocycles. The summed E-state index contributed by atoms with van der Waals surface area (Å²) in [7, 11) is 0. The van der Waals surface area contributed by atoms with Crippen LogP contribution in [0.3, 0.4) is 0 Å². The van der Waals surface area contributed by atoms with Gasteiger partial charge in [-0.3, -0.25) is 0 Å². The van der Waals surface area contributed by atoms with E-state index < -0.39 is 0 Å². The Bertz CT molecular complexity index is 36.2. The number of hydrogen-bond donors (Lipinski definition) is 0. The zero-order valence-electron chi connectivity index (χ0n) is 2.13. The molecule has 0 aromatic rings. The molecule has 3 nitrogen and oxygen atoms in total. The van der Waals surface area contributed by atoms with E-state index >= 15 is 0 Å². The second-order valence-corrected chi connectivity index (χ2v) is 0.0833. The standard InChI is InChI=1S/CO2.OS/c2-1-3;1-2. The van der Waals surface area contributed by atoms with Gasteiger partial charge in [-0.05, 0) is 0 Å². The smallest absolute Gasteiger partial charge is 0.197 e. The summed E-state index contributed by atoms with van der Waals surface area (Å²) in [6.45, 7) is 0. The SMILES string of the molecule is O=C=O.O=S. The predicted octanol–water partition coefficient (Wildman–Crippen LogP) is -0.920. The van der Waals surface area contributed by atoms with Crippen LogP contribution in [0.5, 0.6) is 0 Å². The Balaban J connectivity index is 0. The highest BCUT2D eigenvalue weighted by molar-refractivity contribution is 7.44. The zero-order chi connectivity index (χ0) is 4.71. The lowest BCUT2D eigenvalue weighted by molar-refractivity contribution is -0.191. The van der Waals surface area contributed by atoms with Crippen LogP contribution in [0.15, 0.2) is 0 Å². The van der Waals surface area contributed by atoms with Crippen molar-refractivity contribution in [2.45, 2.75) is 0 Å². The van der Waals surface area contributed by atoms with Crippen molar-refractivity contribution in [3.63, 3.8) is 0 Å². The fraction of sp³-hybridized carbons (Fsp3) is 0. The Labute approximate surface area is 33.5 Å². The van der Waals surface area contributed by atoms with E-state index in [9.17, 15) is 0 Å². The minimum absolute atomic E-state index is 0.250. The van der Waals surface area contributed by atoms with Gasteiger partial charge < -0.3 is 0 Å². The van der Waals surface area contributed by atoms with Crippen LogP contribution in [0.2, 0.25) is 0 Å². The summed E-state index contributed by atoms with van der Waals surface area (Å²) >= 11 is 2.83. The van der Waals surface area contributed by atoms with Gasteiger partial charge in [-0.1, -0.05) is 0 Å². The summed E-state index contributed by atoms with van der Waals surface area (Å²) in [5.41, 5.74) is 0. The second-order valence-electron chi connectivity index (χ2n) is 0.0833. The van der Waals surface area contributed by atoms with Gasteiger partial charge in [0.2, 0.25) is 0 Å². The van der Waals surface area contributed by atoms with Crippen LogP contribution in [0.4, 0.5) is 0 Å². The van der Waals surface area contributed by atoms with E-state index in [4.69, 9.17) is 13.8 Å². The predicted molar refractivity (Wildman–Crippen MR) is 13.1 cm³/mol. The first-order valence-corrected chi connectivity index (χ1v) is 0.908. The van der Waals surface area contributed by atoms with Gasteiger partial charge in [0.1, 0.15) is 0 Å². The van der Waals surface area contributed by atoms with Crippen LogP contribution in [-0.4, -0.2) is 10.4 Å². The van der Waals surface area contributed by atoms with Gasteiger partial charge in [0, 0.05) is 0 Å². The molecule has 0 saturated heterocycles. The number of hydrogen-bond acceptors (Lipinski definition) is 4. The normalized spacial score (nSPS) is 2.40. The molecule has 0 aliphatic rings. The average molecular weight is 92.1 g/mol.